The Morgan fingerprint density at radius 3 is 2.40 bits per heavy atom. The number of carbonyl (C=O) groups is 3. The first-order valence-corrected chi connectivity index (χ1v) is 8.75. The number of nitrogens with one attached hydrogen (secondary N) is 1. The highest BCUT2D eigenvalue weighted by Crippen LogP contribution is 2.25. The molecule has 25 heavy (non-hydrogen) atoms. The van der Waals surface area contributed by atoms with E-state index in [2.05, 4.69) is 5.32 Å². The van der Waals surface area contributed by atoms with Gasteiger partial charge < -0.3 is 15.0 Å². The van der Waals surface area contributed by atoms with Crippen LogP contribution in [0, 0.1) is 5.41 Å². The van der Waals surface area contributed by atoms with Gasteiger partial charge in [-0.05, 0) is 52.2 Å². The average Bonchev–Trinajstić information content (AvgIpc) is 2.62. The van der Waals surface area contributed by atoms with E-state index >= 15 is 0 Å². The molecule has 1 aliphatic heterocycles. The minimum Gasteiger partial charge on any atom is -0.462 e. The molecule has 1 N–H and O–H groups in total. The number of hydrogen-bond donors (Lipinski definition) is 1. The summed E-state index contributed by atoms with van der Waals surface area (Å²) in [6.45, 7) is 6.59. The summed E-state index contributed by atoms with van der Waals surface area (Å²) in [5.41, 5.74) is -0.580. The van der Waals surface area contributed by atoms with Crippen molar-refractivity contribution in [1.82, 2.24) is 4.90 Å². The molecule has 0 aliphatic carbocycles. The summed E-state index contributed by atoms with van der Waals surface area (Å²) in [6, 6.07) is 6.64. The maximum Gasteiger partial charge on any atom is 0.340 e. The molecule has 1 aromatic rings. The Labute approximate surface area is 148 Å². The third kappa shape index (κ3) is 4.38. The van der Waals surface area contributed by atoms with E-state index in [1.54, 1.807) is 49.9 Å². The number of ether oxygens (including phenoxy) is 1. The van der Waals surface area contributed by atoms with Gasteiger partial charge in [-0.1, -0.05) is 12.1 Å². The number of para-hydroxylation sites is 1. The maximum atomic E-state index is 12.7. The summed E-state index contributed by atoms with van der Waals surface area (Å²) < 4.78 is 5.01. The van der Waals surface area contributed by atoms with Crippen LogP contribution in [0.15, 0.2) is 24.3 Å². The van der Waals surface area contributed by atoms with E-state index in [1.165, 1.54) is 0 Å². The molecule has 0 bridgehead atoms. The van der Waals surface area contributed by atoms with Crippen LogP contribution in [0.25, 0.3) is 0 Å². The Balaban J connectivity index is 2.15. The number of benzene rings is 1. The van der Waals surface area contributed by atoms with E-state index in [4.69, 9.17) is 4.74 Å². The van der Waals surface area contributed by atoms with Gasteiger partial charge in [-0.2, -0.15) is 0 Å². The molecule has 0 unspecified atom stereocenters. The lowest BCUT2D eigenvalue weighted by atomic mass is 9.89. The molecular formula is C19H26N2O4. The average molecular weight is 346 g/mol. The minimum atomic E-state index is -1.21. The lowest BCUT2D eigenvalue weighted by Crippen LogP contribution is -2.49. The van der Waals surface area contributed by atoms with Crippen LogP contribution in [0.3, 0.4) is 0 Å². The minimum absolute atomic E-state index is 0.182. The van der Waals surface area contributed by atoms with Crippen LogP contribution in [0.5, 0.6) is 0 Å². The Morgan fingerprint density at radius 1 is 1.12 bits per heavy atom. The second-order valence-electron chi connectivity index (χ2n) is 6.70. The molecular weight excluding hydrogens is 320 g/mol. The van der Waals surface area contributed by atoms with Gasteiger partial charge in [-0.3, -0.25) is 9.59 Å². The topological polar surface area (TPSA) is 75.7 Å². The van der Waals surface area contributed by atoms with E-state index in [-0.39, 0.29) is 18.1 Å². The van der Waals surface area contributed by atoms with E-state index in [0.29, 0.717) is 18.8 Å². The summed E-state index contributed by atoms with van der Waals surface area (Å²) in [7, 11) is 0. The van der Waals surface area contributed by atoms with Crippen LogP contribution in [0.4, 0.5) is 5.69 Å². The molecule has 0 atom stereocenters. The van der Waals surface area contributed by atoms with Gasteiger partial charge in [-0.25, -0.2) is 4.79 Å². The fraction of sp³-hybridized carbons (Fsp3) is 0.526. The lowest BCUT2D eigenvalue weighted by Gasteiger charge is -2.33. The first-order chi connectivity index (χ1) is 11.9. The van der Waals surface area contributed by atoms with E-state index in [9.17, 15) is 14.4 Å². The zero-order chi connectivity index (χ0) is 18.4. The number of rotatable bonds is 5. The van der Waals surface area contributed by atoms with E-state index in [1.807, 2.05) is 0 Å². The smallest absolute Gasteiger partial charge is 0.340 e. The third-order valence-corrected chi connectivity index (χ3v) is 4.42. The van der Waals surface area contributed by atoms with Crippen LogP contribution in [-0.4, -0.2) is 42.4 Å². The molecule has 1 aromatic carbocycles. The van der Waals surface area contributed by atoms with Crippen molar-refractivity contribution in [2.75, 3.05) is 25.0 Å². The highest BCUT2D eigenvalue weighted by molar-refractivity contribution is 6.11. The van der Waals surface area contributed by atoms with Gasteiger partial charge in [0.2, 0.25) is 11.8 Å². The summed E-state index contributed by atoms with van der Waals surface area (Å²) in [6.07, 6.45) is 3.05. The predicted molar refractivity (Wildman–Crippen MR) is 95.2 cm³/mol. The molecule has 1 heterocycles. The van der Waals surface area contributed by atoms with Gasteiger partial charge in [0, 0.05) is 13.1 Å². The summed E-state index contributed by atoms with van der Waals surface area (Å²) in [4.78, 5) is 39.3. The van der Waals surface area contributed by atoms with Gasteiger partial charge >= 0.3 is 5.97 Å². The van der Waals surface area contributed by atoms with E-state index in [0.717, 1.165) is 19.3 Å². The molecule has 6 heteroatoms. The van der Waals surface area contributed by atoms with Crippen molar-refractivity contribution in [1.29, 1.82) is 0 Å². The fourth-order valence-corrected chi connectivity index (χ4v) is 2.85. The summed E-state index contributed by atoms with van der Waals surface area (Å²) in [5, 5.41) is 2.72. The number of nitrogens with zero attached hydrogens (tertiary/aromatic N) is 1. The van der Waals surface area contributed by atoms with Crippen molar-refractivity contribution in [3.8, 4) is 0 Å². The van der Waals surface area contributed by atoms with Crippen molar-refractivity contribution in [2.45, 2.75) is 40.0 Å². The molecule has 1 saturated heterocycles. The molecule has 1 fully saturated rings. The quantitative estimate of drug-likeness (QED) is 0.657. The predicted octanol–water partition coefficient (Wildman–Crippen LogP) is 2.84. The van der Waals surface area contributed by atoms with E-state index < -0.39 is 17.3 Å². The molecule has 6 nitrogen and oxygen atoms in total. The standard InChI is InChI=1S/C19H26N2O4/c1-4-25-16(22)14-10-6-7-11-15(14)20-17(23)19(2,3)18(24)21-12-8-5-9-13-21/h6-7,10-11H,4-5,8-9,12-13H2,1-3H3,(H,20,23). The van der Waals surface area contributed by atoms with Crippen LogP contribution in [0.1, 0.15) is 50.4 Å². The number of carbonyl (C=O) groups excluding carboxylic acids is 3. The number of amides is 2. The van der Waals surface area contributed by atoms with Gasteiger partial charge in [0.15, 0.2) is 0 Å². The Hall–Kier alpha value is -2.37. The van der Waals surface area contributed by atoms with Gasteiger partial charge in [-0.15, -0.1) is 0 Å². The normalized spacial score (nSPS) is 14.8. The first kappa shape index (κ1) is 19.0. The lowest BCUT2D eigenvalue weighted by molar-refractivity contribution is -0.147. The van der Waals surface area contributed by atoms with Gasteiger partial charge in [0.25, 0.3) is 0 Å². The van der Waals surface area contributed by atoms with Crippen molar-refractivity contribution >= 4 is 23.5 Å². The summed E-state index contributed by atoms with van der Waals surface area (Å²) >= 11 is 0. The zero-order valence-electron chi connectivity index (χ0n) is 15.1. The largest absolute Gasteiger partial charge is 0.462 e. The molecule has 0 saturated carbocycles. The fourth-order valence-electron chi connectivity index (χ4n) is 2.85. The second kappa shape index (κ2) is 8.14. The summed E-state index contributed by atoms with van der Waals surface area (Å²) in [5.74, 6) is -1.11. The van der Waals surface area contributed by atoms with Crippen molar-refractivity contribution < 1.29 is 19.1 Å². The zero-order valence-corrected chi connectivity index (χ0v) is 15.1. The van der Waals surface area contributed by atoms with Crippen molar-refractivity contribution in [2.24, 2.45) is 5.41 Å². The highest BCUT2D eigenvalue weighted by atomic mass is 16.5. The Morgan fingerprint density at radius 2 is 1.76 bits per heavy atom. The van der Waals surface area contributed by atoms with Crippen molar-refractivity contribution in [3.05, 3.63) is 29.8 Å². The van der Waals surface area contributed by atoms with Crippen LogP contribution in [-0.2, 0) is 14.3 Å². The SMILES string of the molecule is CCOC(=O)c1ccccc1NC(=O)C(C)(C)C(=O)N1CCCCC1. The number of anilines is 1. The van der Waals surface area contributed by atoms with Crippen LogP contribution in [0.2, 0.25) is 0 Å². The monoisotopic (exact) mass is 346 g/mol. The van der Waals surface area contributed by atoms with Crippen LogP contribution < -0.4 is 5.32 Å². The number of hydrogen-bond acceptors (Lipinski definition) is 4. The molecule has 0 aromatic heterocycles. The van der Waals surface area contributed by atoms with Crippen LogP contribution >= 0.6 is 0 Å². The number of esters is 1. The number of likely N-dealkylation sites (tertiary alicyclic amines) is 1. The maximum absolute atomic E-state index is 12.7. The molecule has 2 rings (SSSR count). The van der Waals surface area contributed by atoms with Crippen molar-refractivity contribution in [3.63, 3.8) is 0 Å². The highest BCUT2D eigenvalue weighted by Gasteiger charge is 2.39. The Bertz CT molecular complexity index is 649. The van der Waals surface area contributed by atoms with Gasteiger partial charge in [0.1, 0.15) is 5.41 Å². The molecule has 0 spiro atoms. The third-order valence-electron chi connectivity index (χ3n) is 4.42. The molecule has 1 aliphatic rings. The van der Waals surface area contributed by atoms with Gasteiger partial charge in [0.05, 0.1) is 17.9 Å². The molecule has 0 radical (unpaired) electrons. The molecule has 2 amide bonds. The Kier molecular flexibility index (Phi) is 6.17. The first-order valence-electron chi connectivity index (χ1n) is 8.75. The second-order valence-corrected chi connectivity index (χ2v) is 6.70. The number of piperidine rings is 1. The molecule has 136 valence electrons.